The number of carbonyl (C=O) groups excluding carboxylic acids is 1. The first kappa shape index (κ1) is 23.4. The smallest absolute Gasteiger partial charge is 0.255 e. The van der Waals surface area contributed by atoms with Crippen LogP contribution in [0.3, 0.4) is 0 Å². The normalized spacial score (nSPS) is 11.7. The third kappa shape index (κ3) is 4.65. The number of aromatic amines is 1. The number of nitrogens with one attached hydrogen (secondary N) is 2. The number of hydrogen-bond donors (Lipinski definition) is 2. The van der Waals surface area contributed by atoms with E-state index in [4.69, 9.17) is 0 Å². The number of fused-ring (bicyclic) bond motifs is 1. The number of sulfone groups is 1. The summed E-state index contributed by atoms with van der Waals surface area (Å²) in [6.07, 6.45) is 3.19. The van der Waals surface area contributed by atoms with Crippen LogP contribution in [0.5, 0.6) is 0 Å². The summed E-state index contributed by atoms with van der Waals surface area (Å²) < 4.78 is 24.7. The van der Waals surface area contributed by atoms with E-state index in [2.05, 4.69) is 20.3 Å². The number of aromatic nitrogens is 3. The van der Waals surface area contributed by atoms with Gasteiger partial charge in [0, 0.05) is 38.1 Å². The zero-order valence-electron chi connectivity index (χ0n) is 19.5. The molecule has 8 nitrogen and oxygen atoms in total. The van der Waals surface area contributed by atoms with E-state index in [1.165, 1.54) is 0 Å². The molecular weight excluding hydrogens is 450 g/mol. The molecule has 2 N–H and O–H groups in total. The van der Waals surface area contributed by atoms with Crippen molar-refractivity contribution < 1.29 is 13.2 Å². The molecule has 2 aromatic heterocycles. The summed E-state index contributed by atoms with van der Waals surface area (Å²) in [6, 6.07) is 14.5. The summed E-state index contributed by atoms with van der Waals surface area (Å²) in [6.45, 7) is 3.69. The Labute approximate surface area is 199 Å². The molecule has 1 amide bonds. The fourth-order valence-electron chi connectivity index (χ4n) is 3.48. The molecule has 0 saturated heterocycles. The molecule has 0 aliphatic heterocycles. The first-order chi connectivity index (χ1) is 16.2. The van der Waals surface area contributed by atoms with Crippen molar-refractivity contribution in [1.29, 1.82) is 0 Å². The second-order valence-corrected chi connectivity index (χ2v) is 11.0. The lowest BCUT2D eigenvalue weighted by Gasteiger charge is -2.12. The molecule has 0 spiro atoms. The van der Waals surface area contributed by atoms with Crippen LogP contribution in [0.15, 0.2) is 65.8 Å². The van der Waals surface area contributed by atoms with Gasteiger partial charge in [0.1, 0.15) is 5.52 Å². The van der Waals surface area contributed by atoms with Crippen molar-refractivity contribution in [2.24, 2.45) is 0 Å². The fourth-order valence-corrected chi connectivity index (χ4v) is 4.54. The molecule has 0 saturated carbocycles. The van der Waals surface area contributed by atoms with Gasteiger partial charge in [-0.2, -0.15) is 0 Å². The van der Waals surface area contributed by atoms with Gasteiger partial charge < -0.3 is 15.2 Å². The predicted octanol–water partition coefficient (Wildman–Crippen LogP) is 3.80. The minimum absolute atomic E-state index is 0.257. The zero-order chi connectivity index (χ0) is 24.5. The van der Waals surface area contributed by atoms with E-state index >= 15 is 0 Å². The van der Waals surface area contributed by atoms with Crippen molar-refractivity contribution in [3.63, 3.8) is 0 Å². The van der Waals surface area contributed by atoms with Crippen molar-refractivity contribution in [2.75, 3.05) is 19.0 Å². The molecule has 0 aliphatic rings. The lowest BCUT2D eigenvalue weighted by atomic mass is 10.1. The fraction of sp³-hybridized carbons (Fsp3) is 0.240. The monoisotopic (exact) mass is 477 g/mol. The van der Waals surface area contributed by atoms with Gasteiger partial charge in [0.05, 0.1) is 27.6 Å². The Morgan fingerprint density at radius 1 is 1.06 bits per heavy atom. The van der Waals surface area contributed by atoms with Gasteiger partial charge in [-0.05, 0) is 43.7 Å². The highest BCUT2D eigenvalue weighted by Gasteiger charge is 2.19. The molecule has 4 rings (SSSR count). The topological polar surface area (TPSA) is 108 Å². The SMILES string of the molecule is CC(C)S(=O)(=O)c1ccc(-c2cnc3[nH]cc(C(=O)NCc4ccc(N(C)C)cc4)c3n2)cc1. The second-order valence-electron chi connectivity index (χ2n) is 8.52. The maximum Gasteiger partial charge on any atom is 0.255 e. The zero-order valence-corrected chi connectivity index (χ0v) is 20.3. The molecular formula is C25H27N5O3S. The largest absolute Gasteiger partial charge is 0.378 e. The van der Waals surface area contributed by atoms with Crippen LogP contribution in [0.1, 0.15) is 29.8 Å². The Bertz CT molecular complexity index is 1420. The number of rotatable bonds is 7. The maximum atomic E-state index is 12.9. The lowest BCUT2D eigenvalue weighted by Crippen LogP contribution is -2.22. The van der Waals surface area contributed by atoms with Gasteiger partial charge in [-0.25, -0.2) is 18.4 Å². The summed E-state index contributed by atoms with van der Waals surface area (Å²) in [5.41, 5.74) is 4.69. The number of nitrogens with zero attached hydrogens (tertiary/aromatic N) is 3. The maximum absolute atomic E-state index is 12.9. The second kappa shape index (κ2) is 9.26. The highest BCUT2D eigenvalue weighted by atomic mass is 32.2. The van der Waals surface area contributed by atoms with E-state index in [0.717, 1.165) is 11.3 Å². The van der Waals surface area contributed by atoms with Crippen LogP contribution in [0.2, 0.25) is 0 Å². The first-order valence-electron chi connectivity index (χ1n) is 10.9. The molecule has 2 heterocycles. The standard InChI is InChI=1S/C25H27N5O3S/c1-16(2)34(32,33)20-11-7-18(8-12-20)22-15-27-24-23(29-22)21(14-26-24)25(31)28-13-17-5-9-19(10-6-17)30(3)4/h5-12,14-16H,13H2,1-4H3,(H,26,27)(H,28,31). The van der Waals surface area contributed by atoms with Gasteiger partial charge in [0.15, 0.2) is 15.5 Å². The van der Waals surface area contributed by atoms with Gasteiger partial charge in [0.25, 0.3) is 5.91 Å². The Morgan fingerprint density at radius 2 is 1.74 bits per heavy atom. The average molecular weight is 478 g/mol. The van der Waals surface area contributed by atoms with Crippen molar-refractivity contribution in [2.45, 2.75) is 30.5 Å². The average Bonchev–Trinajstić information content (AvgIpc) is 3.26. The molecule has 34 heavy (non-hydrogen) atoms. The molecule has 4 aromatic rings. The minimum Gasteiger partial charge on any atom is -0.378 e. The van der Waals surface area contributed by atoms with Crippen LogP contribution < -0.4 is 10.2 Å². The van der Waals surface area contributed by atoms with Crippen LogP contribution >= 0.6 is 0 Å². The van der Waals surface area contributed by atoms with Crippen LogP contribution in [0, 0.1) is 0 Å². The molecule has 2 aromatic carbocycles. The van der Waals surface area contributed by atoms with Gasteiger partial charge in [-0.3, -0.25) is 4.79 Å². The number of anilines is 1. The van der Waals surface area contributed by atoms with Crippen molar-refractivity contribution in [3.8, 4) is 11.3 Å². The van der Waals surface area contributed by atoms with Gasteiger partial charge in [0.2, 0.25) is 0 Å². The van der Waals surface area contributed by atoms with E-state index in [0.29, 0.717) is 34.5 Å². The van der Waals surface area contributed by atoms with Crippen LogP contribution in [-0.2, 0) is 16.4 Å². The van der Waals surface area contributed by atoms with Gasteiger partial charge in [-0.15, -0.1) is 0 Å². The van der Waals surface area contributed by atoms with E-state index < -0.39 is 15.1 Å². The minimum atomic E-state index is -3.35. The van der Waals surface area contributed by atoms with E-state index in [-0.39, 0.29) is 10.8 Å². The Morgan fingerprint density at radius 3 is 2.35 bits per heavy atom. The molecule has 0 unspecified atom stereocenters. The number of carbonyl (C=O) groups is 1. The number of H-pyrrole nitrogens is 1. The molecule has 0 atom stereocenters. The van der Waals surface area contributed by atoms with Crippen molar-refractivity contribution in [1.82, 2.24) is 20.3 Å². The van der Waals surface area contributed by atoms with Crippen LogP contribution in [-0.4, -0.2) is 48.6 Å². The Balaban J connectivity index is 1.54. The Hall–Kier alpha value is -3.72. The van der Waals surface area contributed by atoms with Crippen molar-refractivity contribution >= 4 is 32.6 Å². The van der Waals surface area contributed by atoms with Crippen molar-refractivity contribution in [3.05, 3.63) is 72.1 Å². The van der Waals surface area contributed by atoms with Crippen LogP contribution in [0.25, 0.3) is 22.4 Å². The lowest BCUT2D eigenvalue weighted by molar-refractivity contribution is 0.0952. The number of amides is 1. The van der Waals surface area contributed by atoms with E-state index in [1.807, 2.05) is 43.3 Å². The van der Waals surface area contributed by atoms with Gasteiger partial charge >= 0.3 is 0 Å². The quantitative estimate of drug-likeness (QED) is 0.419. The highest BCUT2D eigenvalue weighted by molar-refractivity contribution is 7.92. The Kier molecular flexibility index (Phi) is 6.39. The number of benzene rings is 2. The summed E-state index contributed by atoms with van der Waals surface area (Å²) >= 11 is 0. The summed E-state index contributed by atoms with van der Waals surface area (Å²) in [4.78, 5) is 27.1. The summed E-state index contributed by atoms with van der Waals surface area (Å²) in [7, 11) is 0.602. The summed E-state index contributed by atoms with van der Waals surface area (Å²) in [5, 5.41) is 2.43. The first-order valence-corrected chi connectivity index (χ1v) is 12.4. The third-order valence-corrected chi connectivity index (χ3v) is 7.80. The number of hydrogen-bond acceptors (Lipinski definition) is 6. The van der Waals surface area contributed by atoms with E-state index in [1.54, 1.807) is 50.5 Å². The molecule has 9 heteroatoms. The molecule has 176 valence electrons. The highest BCUT2D eigenvalue weighted by Crippen LogP contribution is 2.24. The van der Waals surface area contributed by atoms with E-state index in [9.17, 15) is 13.2 Å². The molecule has 0 fully saturated rings. The third-order valence-electron chi connectivity index (χ3n) is 5.63. The molecule has 0 bridgehead atoms. The molecule has 0 radical (unpaired) electrons. The predicted molar refractivity (Wildman–Crippen MR) is 134 cm³/mol. The molecule has 0 aliphatic carbocycles. The summed E-state index contributed by atoms with van der Waals surface area (Å²) in [5.74, 6) is -0.257. The van der Waals surface area contributed by atoms with Gasteiger partial charge in [-0.1, -0.05) is 24.3 Å². The van der Waals surface area contributed by atoms with Crippen LogP contribution in [0.4, 0.5) is 5.69 Å².